The first-order chi connectivity index (χ1) is 14.8. The van der Waals surface area contributed by atoms with E-state index in [4.69, 9.17) is 17.3 Å². The predicted octanol–water partition coefficient (Wildman–Crippen LogP) is 6.89. The highest BCUT2D eigenvalue weighted by Crippen LogP contribution is 2.26. The first-order valence-electron chi connectivity index (χ1n) is 10.9. The molecule has 172 valence electrons. The van der Waals surface area contributed by atoms with E-state index in [-0.39, 0.29) is 12.8 Å². The smallest absolute Gasteiger partial charge is 0.239 e. The lowest BCUT2D eigenvalue weighted by molar-refractivity contribution is 0.137. The van der Waals surface area contributed by atoms with Crippen LogP contribution in [0.2, 0.25) is 5.02 Å². The molecule has 0 spiro atoms. The average Bonchev–Trinajstić information content (AvgIpc) is 2.74. The second-order valence-corrected chi connectivity index (χ2v) is 7.93. The van der Waals surface area contributed by atoms with Gasteiger partial charge in [0.1, 0.15) is 0 Å². The topological polar surface area (TPSA) is 50.9 Å². The number of aryl methyl sites for hydroxylation is 1. The van der Waals surface area contributed by atoms with Crippen molar-refractivity contribution in [1.29, 1.82) is 0 Å². The van der Waals surface area contributed by atoms with Gasteiger partial charge in [-0.25, -0.2) is 8.78 Å². The zero-order valence-corrected chi connectivity index (χ0v) is 19.7. The fourth-order valence-electron chi connectivity index (χ4n) is 3.00. The fraction of sp³-hybridized carbons (Fsp3) is 0.480. The highest BCUT2D eigenvalue weighted by atomic mass is 35.5. The van der Waals surface area contributed by atoms with Gasteiger partial charge in [-0.15, -0.1) is 0 Å². The summed E-state index contributed by atoms with van der Waals surface area (Å²) < 4.78 is 24.9. The van der Waals surface area contributed by atoms with Gasteiger partial charge in [0.25, 0.3) is 0 Å². The first-order valence-corrected chi connectivity index (χ1v) is 11.3. The zero-order chi connectivity index (χ0) is 23.2. The Morgan fingerprint density at radius 3 is 2.68 bits per heavy atom. The molecule has 3 N–H and O–H groups in total. The minimum atomic E-state index is -2.36. The number of rotatable bonds is 14. The van der Waals surface area contributed by atoms with Crippen molar-refractivity contribution in [1.82, 2.24) is 10.3 Å². The average molecular weight is 452 g/mol. The maximum atomic E-state index is 12.4. The molecule has 0 atom stereocenters. The molecule has 0 aliphatic rings. The summed E-state index contributed by atoms with van der Waals surface area (Å²) >= 11 is 6.23. The molecule has 3 nitrogen and oxygen atoms in total. The number of unbranched alkanes of at least 4 members (excludes halogenated alkanes) is 1. The lowest BCUT2D eigenvalue weighted by Crippen LogP contribution is -2.10. The molecule has 31 heavy (non-hydrogen) atoms. The molecular weight excluding hydrogens is 416 g/mol. The van der Waals surface area contributed by atoms with Crippen LogP contribution in [0.3, 0.4) is 0 Å². The number of aromatic nitrogens is 1. The number of allylic oxidation sites excluding steroid dienone is 5. The molecule has 0 aromatic carbocycles. The molecule has 6 heteroatoms. The highest BCUT2D eigenvalue weighted by molar-refractivity contribution is 6.31. The quantitative estimate of drug-likeness (QED) is 0.302. The van der Waals surface area contributed by atoms with E-state index in [0.717, 1.165) is 36.0 Å². The second kappa shape index (κ2) is 14.9. The Hall–Kier alpha value is -1.98. The van der Waals surface area contributed by atoms with E-state index >= 15 is 0 Å². The summed E-state index contributed by atoms with van der Waals surface area (Å²) in [6.07, 6.45) is 9.36. The minimum Gasteiger partial charge on any atom is -0.386 e. The molecule has 1 aromatic heterocycles. The van der Waals surface area contributed by atoms with E-state index in [1.54, 1.807) is 12.3 Å². The van der Waals surface area contributed by atoms with Gasteiger partial charge in [-0.1, -0.05) is 56.2 Å². The van der Waals surface area contributed by atoms with Crippen LogP contribution in [0.1, 0.15) is 64.1 Å². The van der Waals surface area contributed by atoms with Crippen molar-refractivity contribution in [3.63, 3.8) is 0 Å². The van der Waals surface area contributed by atoms with Gasteiger partial charge in [0.2, 0.25) is 6.43 Å². The van der Waals surface area contributed by atoms with Crippen LogP contribution in [-0.4, -0.2) is 18.0 Å². The van der Waals surface area contributed by atoms with Crippen LogP contribution >= 0.6 is 11.6 Å². The molecule has 0 saturated carbocycles. The van der Waals surface area contributed by atoms with Crippen LogP contribution in [0, 0.1) is 0 Å². The number of halogens is 3. The Labute approximate surface area is 191 Å². The van der Waals surface area contributed by atoms with Gasteiger partial charge in [-0.3, -0.25) is 4.98 Å². The molecule has 0 bridgehead atoms. The summed E-state index contributed by atoms with van der Waals surface area (Å²) in [5.74, 6) is 0. The Morgan fingerprint density at radius 1 is 1.35 bits per heavy atom. The van der Waals surface area contributed by atoms with Gasteiger partial charge >= 0.3 is 0 Å². The maximum Gasteiger partial charge on any atom is 0.239 e. The lowest BCUT2D eigenvalue weighted by atomic mass is 9.92. The molecule has 0 saturated heterocycles. The summed E-state index contributed by atoms with van der Waals surface area (Å²) in [5, 5.41) is 3.76. The van der Waals surface area contributed by atoms with Gasteiger partial charge in [0.05, 0.1) is 10.7 Å². The van der Waals surface area contributed by atoms with Crippen LogP contribution < -0.4 is 11.1 Å². The normalized spacial score (nSPS) is 13.1. The van der Waals surface area contributed by atoms with Gasteiger partial charge < -0.3 is 11.1 Å². The predicted molar refractivity (Wildman–Crippen MR) is 128 cm³/mol. The van der Waals surface area contributed by atoms with Crippen molar-refractivity contribution >= 4 is 11.6 Å². The van der Waals surface area contributed by atoms with Crippen LogP contribution in [0.15, 0.2) is 59.5 Å². The summed E-state index contributed by atoms with van der Waals surface area (Å²) in [7, 11) is 0. The third-order valence-electron chi connectivity index (χ3n) is 4.97. The number of hydrogen-bond donors (Lipinski definition) is 2. The van der Waals surface area contributed by atoms with Crippen molar-refractivity contribution in [3.8, 4) is 0 Å². The number of nitrogens with zero attached hydrogens (tertiary/aromatic N) is 1. The SMILES string of the molecule is C=C(CCN)C(=C/NCc1cnc(CCC(F)F)c(Cl)c1)/C(/C=C\CCC)=C(/C)CC. The molecule has 1 aromatic rings. The van der Waals surface area contributed by atoms with Crippen molar-refractivity contribution in [3.05, 3.63) is 75.8 Å². The van der Waals surface area contributed by atoms with Crippen molar-refractivity contribution in [2.45, 2.75) is 72.3 Å². The van der Waals surface area contributed by atoms with Crippen LogP contribution in [-0.2, 0) is 13.0 Å². The van der Waals surface area contributed by atoms with Gasteiger partial charge in [-0.05, 0) is 67.5 Å². The molecule has 0 aliphatic carbocycles. The third kappa shape index (κ3) is 9.79. The van der Waals surface area contributed by atoms with E-state index in [1.165, 1.54) is 11.1 Å². The van der Waals surface area contributed by atoms with E-state index in [9.17, 15) is 8.78 Å². The van der Waals surface area contributed by atoms with E-state index in [2.05, 4.69) is 49.8 Å². The Kier molecular flexibility index (Phi) is 13.0. The van der Waals surface area contributed by atoms with Gasteiger partial charge in [0.15, 0.2) is 0 Å². The number of hydrogen-bond acceptors (Lipinski definition) is 3. The van der Waals surface area contributed by atoms with E-state index in [0.29, 0.717) is 30.2 Å². The zero-order valence-electron chi connectivity index (χ0n) is 19.0. The summed E-state index contributed by atoms with van der Waals surface area (Å²) in [5.41, 5.74) is 11.6. The van der Waals surface area contributed by atoms with Gasteiger partial charge in [-0.2, -0.15) is 0 Å². The van der Waals surface area contributed by atoms with Gasteiger partial charge in [0, 0.05) is 25.4 Å². The Balaban J connectivity index is 3.04. The molecular formula is C25H36ClF2N3. The van der Waals surface area contributed by atoms with Crippen molar-refractivity contribution in [2.75, 3.05) is 6.54 Å². The lowest BCUT2D eigenvalue weighted by Gasteiger charge is -2.16. The number of alkyl halides is 2. The Bertz CT molecular complexity index is 798. The molecule has 1 rings (SSSR count). The first kappa shape index (κ1) is 27.1. The van der Waals surface area contributed by atoms with E-state index < -0.39 is 6.43 Å². The highest BCUT2D eigenvalue weighted by Gasteiger charge is 2.11. The molecule has 0 amide bonds. The van der Waals surface area contributed by atoms with Crippen LogP contribution in [0.25, 0.3) is 0 Å². The third-order valence-corrected chi connectivity index (χ3v) is 5.30. The van der Waals surface area contributed by atoms with Crippen molar-refractivity contribution in [2.24, 2.45) is 5.73 Å². The minimum absolute atomic E-state index is 0.168. The monoisotopic (exact) mass is 451 g/mol. The molecule has 0 radical (unpaired) electrons. The summed E-state index contributed by atoms with van der Waals surface area (Å²) in [4.78, 5) is 4.26. The molecule has 0 aliphatic heterocycles. The summed E-state index contributed by atoms with van der Waals surface area (Å²) in [6, 6.07) is 1.78. The van der Waals surface area contributed by atoms with Crippen LogP contribution in [0.4, 0.5) is 8.78 Å². The van der Waals surface area contributed by atoms with Crippen molar-refractivity contribution < 1.29 is 8.78 Å². The fourth-order valence-corrected chi connectivity index (χ4v) is 3.29. The number of pyridine rings is 1. The maximum absolute atomic E-state index is 12.4. The Morgan fingerprint density at radius 2 is 2.10 bits per heavy atom. The molecule has 0 fully saturated rings. The molecule has 0 unspecified atom stereocenters. The summed E-state index contributed by atoms with van der Waals surface area (Å²) in [6.45, 7) is 11.7. The largest absolute Gasteiger partial charge is 0.386 e. The van der Waals surface area contributed by atoms with Crippen LogP contribution in [0.5, 0.6) is 0 Å². The number of nitrogens with two attached hydrogens (primary N) is 1. The second-order valence-electron chi connectivity index (χ2n) is 7.52. The standard InChI is InChI=1S/C25H36ClF2N3/c1-5-7-8-9-21(18(3)6-2)22(19(4)12-13-29)17-30-15-20-14-23(26)24(31-16-20)10-11-25(27)28/h8-9,14,16-17,25,30H,4-7,10-13,15,29H2,1-3H3/b9-8-,21-18-,22-17-. The number of nitrogens with one attached hydrogen (secondary N) is 1. The van der Waals surface area contributed by atoms with E-state index in [1.807, 2.05) is 6.20 Å². The molecule has 1 heterocycles.